The number of benzene rings is 1. The fourth-order valence-corrected chi connectivity index (χ4v) is 6.21. The Labute approximate surface area is 141 Å². The SMILES string of the molecule is CC1c2ccsc2CCN1S(=O)(=O)c1ccc(Br)cc1Cl. The third-order valence-electron chi connectivity index (χ3n) is 3.70. The number of fused-ring (bicyclic) bond motifs is 1. The Hall–Kier alpha value is -0.400. The normalized spacial score (nSPS) is 19.5. The van der Waals surface area contributed by atoms with Crippen LogP contribution in [0.25, 0.3) is 0 Å². The zero-order valence-corrected chi connectivity index (χ0v) is 15.2. The van der Waals surface area contributed by atoms with E-state index in [1.165, 1.54) is 9.18 Å². The van der Waals surface area contributed by atoms with Crippen LogP contribution in [0.15, 0.2) is 39.0 Å². The Morgan fingerprint density at radius 3 is 2.86 bits per heavy atom. The molecule has 112 valence electrons. The molecule has 2 heterocycles. The molecule has 1 aromatic heterocycles. The number of nitrogens with zero attached hydrogens (tertiary/aromatic N) is 1. The summed E-state index contributed by atoms with van der Waals surface area (Å²) < 4.78 is 28.1. The van der Waals surface area contributed by atoms with E-state index in [4.69, 9.17) is 11.6 Å². The molecule has 1 aliphatic heterocycles. The van der Waals surface area contributed by atoms with Crippen LogP contribution < -0.4 is 0 Å². The lowest BCUT2D eigenvalue weighted by atomic mass is 10.0. The van der Waals surface area contributed by atoms with E-state index in [-0.39, 0.29) is 16.0 Å². The highest BCUT2D eigenvalue weighted by atomic mass is 79.9. The van der Waals surface area contributed by atoms with E-state index >= 15 is 0 Å². The number of rotatable bonds is 2. The van der Waals surface area contributed by atoms with Crippen molar-refractivity contribution in [3.8, 4) is 0 Å². The molecule has 0 radical (unpaired) electrons. The van der Waals surface area contributed by atoms with Crippen molar-refractivity contribution in [2.24, 2.45) is 0 Å². The van der Waals surface area contributed by atoms with Crippen molar-refractivity contribution in [2.75, 3.05) is 6.54 Å². The van der Waals surface area contributed by atoms with E-state index in [1.807, 2.05) is 18.4 Å². The Kier molecular flexibility index (Phi) is 4.18. The second-order valence-corrected chi connectivity index (χ2v) is 9.10. The third kappa shape index (κ3) is 2.68. The van der Waals surface area contributed by atoms with Gasteiger partial charge in [-0.1, -0.05) is 27.5 Å². The minimum Gasteiger partial charge on any atom is -0.207 e. The molecule has 0 N–H and O–H groups in total. The van der Waals surface area contributed by atoms with Gasteiger partial charge in [-0.2, -0.15) is 4.31 Å². The first-order chi connectivity index (χ1) is 9.91. The number of hydrogen-bond donors (Lipinski definition) is 0. The van der Waals surface area contributed by atoms with Gasteiger partial charge in [0.25, 0.3) is 0 Å². The zero-order valence-electron chi connectivity index (χ0n) is 11.2. The van der Waals surface area contributed by atoms with Crippen LogP contribution in [0.4, 0.5) is 0 Å². The van der Waals surface area contributed by atoms with Crippen LogP contribution in [-0.4, -0.2) is 19.3 Å². The molecule has 0 saturated heterocycles. The van der Waals surface area contributed by atoms with E-state index in [2.05, 4.69) is 15.9 Å². The van der Waals surface area contributed by atoms with Gasteiger partial charge in [-0.05, 0) is 48.6 Å². The fraction of sp³-hybridized carbons (Fsp3) is 0.286. The zero-order chi connectivity index (χ0) is 15.2. The molecule has 1 aromatic carbocycles. The molecule has 3 rings (SSSR count). The summed E-state index contributed by atoms with van der Waals surface area (Å²) in [4.78, 5) is 1.44. The van der Waals surface area contributed by atoms with Crippen LogP contribution in [0.1, 0.15) is 23.4 Å². The topological polar surface area (TPSA) is 37.4 Å². The van der Waals surface area contributed by atoms with Gasteiger partial charge < -0.3 is 0 Å². The van der Waals surface area contributed by atoms with Gasteiger partial charge in [0, 0.05) is 21.9 Å². The summed E-state index contributed by atoms with van der Waals surface area (Å²) in [5, 5.41) is 2.26. The molecular formula is C14H13BrClNO2S2. The average molecular weight is 407 g/mol. The lowest BCUT2D eigenvalue weighted by Gasteiger charge is -2.32. The highest BCUT2D eigenvalue weighted by Gasteiger charge is 2.35. The Morgan fingerprint density at radius 1 is 1.38 bits per heavy atom. The first-order valence-corrected chi connectivity index (χ1v) is 9.93. The van der Waals surface area contributed by atoms with Crippen molar-refractivity contribution in [2.45, 2.75) is 24.3 Å². The predicted octanol–water partition coefficient (Wildman–Crippen LogP) is 4.47. The number of halogens is 2. The highest BCUT2D eigenvalue weighted by molar-refractivity contribution is 9.10. The van der Waals surface area contributed by atoms with E-state index < -0.39 is 10.0 Å². The van der Waals surface area contributed by atoms with Crippen LogP contribution in [0, 0.1) is 0 Å². The van der Waals surface area contributed by atoms with Crippen LogP contribution in [0.3, 0.4) is 0 Å². The number of sulfonamides is 1. The smallest absolute Gasteiger partial charge is 0.207 e. The molecule has 1 atom stereocenters. The lowest BCUT2D eigenvalue weighted by molar-refractivity contribution is 0.329. The van der Waals surface area contributed by atoms with Gasteiger partial charge in [-0.25, -0.2) is 8.42 Å². The Morgan fingerprint density at radius 2 is 2.14 bits per heavy atom. The molecule has 0 amide bonds. The summed E-state index contributed by atoms with van der Waals surface area (Å²) in [5.74, 6) is 0. The van der Waals surface area contributed by atoms with Gasteiger partial charge in [0.05, 0.1) is 5.02 Å². The van der Waals surface area contributed by atoms with Crippen molar-refractivity contribution < 1.29 is 8.42 Å². The molecule has 0 spiro atoms. The van der Waals surface area contributed by atoms with Crippen molar-refractivity contribution in [3.63, 3.8) is 0 Å². The Bertz CT molecular complexity index is 788. The third-order valence-corrected chi connectivity index (χ3v) is 7.64. The summed E-state index contributed by atoms with van der Waals surface area (Å²) in [7, 11) is -3.59. The minimum atomic E-state index is -3.59. The summed E-state index contributed by atoms with van der Waals surface area (Å²) in [5.41, 5.74) is 1.10. The van der Waals surface area contributed by atoms with Crippen molar-refractivity contribution in [1.82, 2.24) is 4.31 Å². The lowest BCUT2D eigenvalue weighted by Crippen LogP contribution is -2.38. The van der Waals surface area contributed by atoms with Gasteiger partial charge in [0.15, 0.2) is 0 Å². The molecule has 0 fully saturated rings. The first-order valence-electron chi connectivity index (χ1n) is 6.44. The molecule has 7 heteroatoms. The average Bonchev–Trinajstić information content (AvgIpc) is 2.87. The van der Waals surface area contributed by atoms with Gasteiger partial charge in [-0.3, -0.25) is 0 Å². The molecule has 21 heavy (non-hydrogen) atoms. The summed E-state index contributed by atoms with van der Waals surface area (Å²) in [6.07, 6.45) is 0.755. The van der Waals surface area contributed by atoms with Gasteiger partial charge in [0.2, 0.25) is 10.0 Å². The van der Waals surface area contributed by atoms with E-state index in [9.17, 15) is 8.42 Å². The largest absolute Gasteiger partial charge is 0.245 e. The minimum absolute atomic E-state index is 0.162. The Balaban J connectivity index is 2.03. The standard InChI is InChI=1S/C14H13BrClNO2S2/c1-9-11-5-7-20-13(11)4-6-17(9)21(18,19)14-3-2-10(15)8-12(14)16/h2-3,5,7-9H,4,6H2,1H3. The second kappa shape index (κ2) is 5.66. The second-order valence-electron chi connectivity index (χ2n) is 4.92. The van der Waals surface area contributed by atoms with Crippen LogP contribution in [0.2, 0.25) is 5.02 Å². The van der Waals surface area contributed by atoms with Crippen LogP contribution in [0.5, 0.6) is 0 Å². The van der Waals surface area contributed by atoms with Crippen LogP contribution >= 0.6 is 38.9 Å². The number of thiophene rings is 1. The van der Waals surface area contributed by atoms with Gasteiger partial charge in [-0.15, -0.1) is 11.3 Å². The van der Waals surface area contributed by atoms with E-state index in [0.29, 0.717) is 6.54 Å². The predicted molar refractivity (Wildman–Crippen MR) is 89.5 cm³/mol. The molecule has 1 unspecified atom stereocenters. The van der Waals surface area contributed by atoms with Crippen LogP contribution in [-0.2, 0) is 16.4 Å². The van der Waals surface area contributed by atoms with Crippen molar-refractivity contribution in [3.05, 3.63) is 49.6 Å². The monoisotopic (exact) mass is 405 g/mol. The number of hydrogen-bond acceptors (Lipinski definition) is 3. The van der Waals surface area contributed by atoms with Crippen molar-refractivity contribution >= 4 is 48.9 Å². The van der Waals surface area contributed by atoms with Gasteiger partial charge >= 0.3 is 0 Å². The van der Waals surface area contributed by atoms with Gasteiger partial charge in [0.1, 0.15) is 4.90 Å². The van der Waals surface area contributed by atoms with Crippen molar-refractivity contribution in [1.29, 1.82) is 0 Å². The summed E-state index contributed by atoms with van der Waals surface area (Å²) in [6.45, 7) is 2.42. The maximum absolute atomic E-state index is 12.9. The summed E-state index contributed by atoms with van der Waals surface area (Å²) in [6, 6.07) is 6.71. The summed E-state index contributed by atoms with van der Waals surface area (Å²) >= 11 is 11.1. The molecule has 0 saturated carbocycles. The maximum atomic E-state index is 12.9. The molecule has 0 aliphatic carbocycles. The van der Waals surface area contributed by atoms with E-state index in [1.54, 1.807) is 29.5 Å². The molecule has 0 bridgehead atoms. The fourth-order valence-electron chi connectivity index (χ4n) is 2.63. The quantitative estimate of drug-likeness (QED) is 0.738. The van der Waals surface area contributed by atoms with E-state index in [0.717, 1.165) is 16.5 Å². The maximum Gasteiger partial charge on any atom is 0.245 e. The first kappa shape index (κ1) is 15.5. The molecular weight excluding hydrogens is 394 g/mol. The molecule has 1 aliphatic rings. The molecule has 3 nitrogen and oxygen atoms in total. The molecule has 2 aromatic rings. The highest BCUT2D eigenvalue weighted by Crippen LogP contribution is 2.38.